The summed E-state index contributed by atoms with van der Waals surface area (Å²) >= 11 is 1.54. The van der Waals surface area contributed by atoms with E-state index in [4.69, 9.17) is 0 Å². The minimum atomic E-state index is -0.0289. The van der Waals surface area contributed by atoms with Crippen LogP contribution in [0.25, 0.3) is 0 Å². The monoisotopic (exact) mass is 344 g/mol. The number of carbonyl (C=O) groups excluding carboxylic acids is 1. The van der Waals surface area contributed by atoms with Crippen LogP contribution >= 0.6 is 11.3 Å². The van der Waals surface area contributed by atoms with Crippen LogP contribution in [-0.2, 0) is 6.54 Å². The fourth-order valence-electron chi connectivity index (χ4n) is 3.27. The number of aryl methyl sites for hydroxylation is 1. The number of nitrogens with one attached hydrogen (secondary N) is 1. The molecule has 2 aromatic rings. The first-order valence-electron chi connectivity index (χ1n) is 8.38. The molecule has 4 nitrogen and oxygen atoms in total. The van der Waals surface area contributed by atoms with Crippen LogP contribution in [0.4, 0.5) is 0 Å². The Labute approximate surface area is 147 Å². The number of rotatable bonds is 5. The molecule has 2 N–H and O–H groups in total. The van der Waals surface area contributed by atoms with Crippen LogP contribution in [0.1, 0.15) is 27.9 Å². The minimum Gasteiger partial charge on any atom is -0.396 e. The summed E-state index contributed by atoms with van der Waals surface area (Å²) in [6.45, 7) is 4.67. The molecule has 1 aliphatic rings. The van der Waals surface area contributed by atoms with E-state index in [1.165, 1.54) is 5.56 Å². The first kappa shape index (κ1) is 17.1. The summed E-state index contributed by atoms with van der Waals surface area (Å²) in [7, 11) is 0. The molecule has 1 amide bonds. The highest BCUT2D eigenvalue weighted by Gasteiger charge is 2.30. The maximum atomic E-state index is 12.5. The summed E-state index contributed by atoms with van der Waals surface area (Å²) in [5.41, 5.74) is 3.03. The zero-order valence-electron chi connectivity index (χ0n) is 13.9. The van der Waals surface area contributed by atoms with Gasteiger partial charge < -0.3 is 10.4 Å². The van der Waals surface area contributed by atoms with Crippen LogP contribution in [0, 0.1) is 12.8 Å². The van der Waals surface area contributed by atoms with Gasteiger partial charge in [0.1, 0.15) is 0 Å². The third-order valence-corrected chi connectivity index (χ3v) is 5.60. The quantitative estimate of drug-likeness (QED) is 0.877. The number of carbonyl (C=O) groups is 1. The molecule has 2 heterocycles. The summed E-state index contributed by atoms with van der Waals surface area (Å²) in [6.07, 6.45) is 0.900. The Bertz CT molecular complexity index is 671. The van der Waals surface area contributed by atoms with E-state index in [0.717, 1.165) is 37.2 Å². The average molecular weight is 344 g/mol. The fourth-order valence-corrected chi connectivity index (χ4v) is 4.10. The second kappa shape index (κ2) is 7.92. The van der Waals surface area contributed by atoms with Crippen molar-refractivity contribution >= 4 is 17.2 Å². The predicted octanol–water partition coefficient (Wildman–Crippen LogP) is 2.67. The van der Waals surface area contributed by atoms with Gasteiger partial charge in [-0.25, -0.2) is 0 Å². The Kier molecular flexibility index (Phi) is 5.66. The SMILES string of the molecule is Cc1cscc1C(=O)N[C@H]1CN(Cc2ccccc2)CC[C@@H]1CO. The van der Waals surface area contributed by atoms with Crippen molar-refractivity contribution in [1.29, 1.82) is 0 Å². The normalized spacial score (nSPS) is 21.6. The van der Waals surface area contributed by atoms with Gasteiger partial charge in [-0.15, -0.1) is 0 Å². The number of thiophene rings is 1. The van der Waals surface area contributed by atoms with Crippen molar-refractivity contribution in [2.75, 3.05) is 19.7 Å². The summed E-state index contributed by atoms with van der Waals surface area (Å²) in [5, 5.41) is 16.7. The smallest absolute Gasteiger partial charge is 0.252 e. The van der Waals surface area contributed by atoms with Crippen LogP contribution in [0.5, 0.6) is 0 Å². The van der Waals surface area contributed by atoms with Gasteiger partial charge in [0.25, 0.3) is 5.91 Å². The molecule has 0 radical (unpaired) electrons. The number of benzene rings is 1. The first-order chi connectivity index (χ1) is 11.7. The molecule has 5 heteroatoms. The van der Waals surface area contributed by atoms with E-state index in [2.05, 4.69) is 34.5 Å². The summed E-state index contributed by atoms with van der Waals surface area (Å²) in [6, 6.07) is 10.4. The summed E-state index contributed by atoms with van der Waals surface area (Å²) in [4.78, 5) is 14.9. The maximum absolute atomic E-state index is 12.5. The van der Waals surface area contributed by atoms with E-state index in [9.17, 15) is 9.90 Å². The Morgan fingerprint density at radius 1 is 1.33 bits per heavy atom. The van der Waals surface area contributed by atoms with E-state index < -0.39 is 0 Å². The van der Waals surface area contributed by atoms with Crippen LogP contribution in [0.3, 0.4) is 0 Å². The number of aliphatic hydroxyl groups excluding tert-OH is 1. The van der Waals surface area contributed by atoms with Crippen molar-refractivity contribution in [3.8, 4) is 0 Å². The van der Waals surface area contributed by atoms with E-state index in [-0.39, 0.29) is 24.5 Å². The van der Waals surface area contributed by atoms with Gasteiger partial charge in [0.05, 0.1) is 5.56 Å². The zero-order valence-corrected chi connectivity index (χ0v) is 14.8. The van der Waals surface area contributed by atoms with Crippen molar-refractivity contribution < 1.29 is 9.90 Å². The lowest BCUT2D eigenvalue weighted by atomic mass is 9.91. The zero-order chi connectivity index (χ0) is 16.9. The van der Waals surface area contributed by atoms with Gasteiger partial charge in [0.2, 0.25) is 0 Å². The molecular weight excluding hydrogens is 320 g/mol. The second-order valence-electron chi connectivity index (χ2n) is 6.50. The molecule has 0 unspecified atom stereocenters. The Hall–Kier alpha value is -1.69. The standard InChI is InChI=1S/C19H24N2O2S/c1-14-12-24-13-17(14)19(23)20-18-10-21(8-7-16(18)11-22)9-15-5-3-2-4-6-15/h2-6,12-13,16,18,22H,7-11H2,1H3,(H,20,23)/t16-,18+/m1/s1. The molecule has 0 spiro atoms. The lowest BCUT2D eigenvalue weighted by Crippen LogP contribution is -2.53. The van der Waals surface area contributed by atoms with Crippen molar-refractivity contribution in [3.05, 3.63) is 57.8 Å². The number of piperidine rings is 1. The third-order valence-electron chi connectivity index (χ3n) is 4.74. The van der Waals surface area contributed by atoms with Gasteiger partial charge >= 0.3 is 0 Å². The number of hydrogen-bond donors (Lipinski definition) is 2. The molecule has 128 valence electrons. The highest BCUT2D eigenvalue weighted by atomic mass is 32.1. The number of likely N-dealkylation sites (tertiary alicyclic amines) is 1. The molecule has 0 saturated carbocycles. The van der Waals surface area contributed by atoms with Gasteiger partial charge in [-0.3, -0.25) is 9.69 Å². The fraction of sp³-hybridized carbons (Fsp3) is 0.421. The first-order valence-corrected chi connectivity index (χ1v) is 9.32. The largest absolute Gasteiger partial charge is 0.396 e. The number of hydrogen-bond acceptors (Lipinski definition) is 4. The van der Waals surface area contributed by atoms with E-state index in [1.807, 2.05) is 23.8 Å². The van der Waals surface area contributed by atoms with Crippen LogP contribution in [-0.4, -0.2) is 41.7 Å². The molecule has 1 aliphatic heterocycles. The van der Waals surface area contributed by atoms with Gasteiger partial charge in [-0.1, -0.05) is 30.3 Å². The van der Waals surface area contributed by atoms with Crippen molar-refractivity contribution in [1.82, 2.24) is 10.2 Å². The second-order valence-corrected chi connectivity index (χ2v) is 7.24. The Morgan fingerprint density at radius 2 is 2.12 bits per heavy atom. The van der Waals surface area contributed by atoms with Gasteiger partial charge in [-0.2, -0.15) is 11.3 Å². The molecule has 3 rings (SSSR count). The van der Waals surface area contributed by atoms with Gasteiger partial charge in [0.15, 0.2) is 0 Å². The van der Waals surface area contributed by atoms with Crippen molar-refractivity contribution in [3.63, 3.8) is 0 Å². The van der Waals surface area contributed by atoms with E-state index in [0.29, 0.717) is 0 Å². The maximum Gasteiger partial charge on any atom is 0.252 e. The molecular formula is C19H24N2O2S. The number of aliphatic hydroxyl groups is 1. The summed E-state index contributed by atoms with van der Waals surface area (Å²) < 4.78 is 0. The Morgan fingerprint density at radius 3 is 2.79 bits per heavy atom. The molecule has 0 bridgehead atoms. The van der Waals surface area contributed by atoms with E-state index >= 15 is 0 Å². The van der Waals surface area contributed by atoms with Crippen LogP contribution in [0.2, 0.25) is 0 Å². The molecule has 24 heavy (non-hydrogen) atoms. The molecule has 1 fully saturated rings. The molecule has 0 aliphatic carbocycles. The average Bonchev–Trinajstić information content (AvgIpc) is 3.02. The molecule has 1 saturated heterocycles. The van der Waals surface area contributed by atoms with Crippen molar-refractivity contribution in [2.45, 2.75) is 25.9 Å². The number of amides is 1. The topological polar surface area (TPSA) is 52.6 Å². The predicted molar refractivity (Wildman–Crippen MR) is 97.2 cm³/mol. The highest BCUT2D eigenvalue weighted by molar-refractivity contribution is 7.08. The Balaban J connectivity index is 1.65. The summed E-state index contributed by atoms with van der Waals surface area (Å²) in [5.74, 6) is 0.0960. The minimum absolute atomic E-state index is 0.0146. The number of nitrogens with zero attached hydrogens (tertiary/aromatic N) is 1. The van der Waals surface area contributed by atoms with Crippen LogP contribution in [0.15, 0.2) is 41.1 Å². The third kappa shape index (κ3) is 4.04. The molecule has 1 aromatic heterocycles. The highest BCUT2D eigenvalue weighted by Crippen LogP contribution is 2.21. The molecule has 2 atom stereocenters. The lowest BCUT2D eigenvalue weighted by molar-refractivity contribution is 0.0730. The lowest BCUT2D eigenvalue weighted by Gasteiger charge is -2.38. The van der Waals surface area contributed by atoms with E-state index in [1.54, 1.807) is 11.3 Å². The van der Waals surface area contributed by atoms with Crippen molar-refractivity contribution in [2.24, 2.45) is 5.92 Å². The van der Waals surface area contributed by atoms with Gasteiger partial charge in [0, 0.05) is 37.0 Å². The molecule has 1 aromatic carbocycles. The van der Waals surface area contributed by atoms with Crippen LogP contribution < -0.4 is 5.32 Å². The van der Waals surface area contributed by atoms with Gasteiger partial charge in [-0.05, 0) is 36.4 Å².